The molecule has 2 aromatic carbocycles. The Kier molecular flexibility index (Phi) is 5.78. The van der Waals surface area contributed by atoms with E-state index in [-0.39, 0.29) is 10.6 Å². The fourth-order valence-corrected chi connectivity index (χ4v) is 2.35. The zero-order valence-corrected chi connectivity index (χ0v) is 14.0. The normalized spacial score (nSPS) is 11.0. The highest BCUT2D eigenvalue weighted by Crippen LogP contribution is 2.24. The lowest BCUT2D eigenvalue weighted by Crippen LogP contribution is -2.14. The van der Waals surface area contributed by atoms with Crippen LogP contribution in [0.3, 0.4) is 0 Å². The molecule has 0 amide bonds. The van der Waals surface area contributed by atoms with Crippen molar-refractivity contribution in [3.05, 3.63) is 80.1 Å². The first-order valence-corrected chi connectivity index (χ1v) is 7.43. The van der Waals surface area contributed by atoms with Crippen molar-refractivity contribution >= 4 is 34.7 Å². The third-order valence-electron chi connectivity index (χ3n) is 3.07. The number of rotatable bonds is 6. The summed E-state index contributed by atoms with van der Waals surface area (Å²) >= 11 is 11.7. The lowest BCUT2D eigenvalue weighted by Gasteiger charge is -2.05. The number of nitro groups is 1. The van der Waals surface area contributed by atoms with E-state index in [1.807, 2.05) is 0 Å². The van der Waals surface area contributed by atoms with Gasteiger partial charge in [-0.1, -0.05) is 23.2 Å². The molecule has 0 fully saturated rings. The van der Waals surface area contributed by atoms with Crippen LogP contribution in [0.5, 0.6) is 5.75 Å². The maximum absolute atomic E-state index is 12.3. The van der Waals surface area contributed by atoms with Gasteiger partial charge in [-0.2, -0.15) is 0 Å². The number of ketones is 1. The van der Waals surface area contributed by atoms with Crippen molar-refractivity contribution < 1.29 is 14.5 Å². The van der Waals surface area contributed by atoms with E-state index in [9.17, 15) is 14.9 Å². The molecule has 0 radical (unpaired) electrons. The molecular formula is C16H12Cl2N2O4. The first kappa shape index (κ1) is 17.8. The van der Waals surface area contributed by atoms with E-state index in [4.69, 9.17) is 27.9 Å². The Hall–Kier alpha value is -2.57. The second kappa shape index (κ2) is 7.81. The standard InChI is InChI=1S/C16H12Cl2N2O4/c1-24-12-5-3-11(4-6-12)19-9-15(20(22)23)16(21)13-7-2-10(17)8-14(13)18/h2-9,19H,1H3/b15-9-. The first-order chi connectivity index (χ1) is 11.4. The van der Waals surface area contributed by atoms with Crippen LogP contribution >= 0.6 is 23.2 Å². The van der Waals surface area contributed by atoms with Crippen molar-refractivity contribution in [3.8, 4) is 5.75 Å². The molecule has 2 rings (SSSR count). The van der Waals surface area contributed by atoms with Gasteiger partial charge in [-0.05, 0) is 42.5 Å². The number of allylic oxidation sites excluding steroid dienone is 1. The third-order valence-corrected chi connectivity index (χ3v) is 3.62. The fraction of sp³-hybridized carbons (Fsp3) is 0.0625. The number of Topliss-reactive ketones (excluding diaryl/α,β-unsaturated/α-hetero) is 1. The van der Waals surface area contributed by atoms with E-state index >= 15 is 0 Å². The summed E-state index contributed by atoms with van der Waals surface area (Å²) in [4.78, 5) is 22.8. The Balaban J connectivity index is 2.27. The van der Waals surface area contributed by atoms with Crippen LogP contribution in [0.1, 0.15) is 10.4 Å². The first-order valence-electron chi connectivity index (χ1n) is 6.67. The van der Waals surface area contributed by atoms with E-state index in [1.54, 1.807) is 24.3 Å². The van der Waals surface area contributed by atoms with Crippen LogP contribution in [0.15, 0.2) is 54.4 Å². The smallest absolute Gasteiger partial charge is 0.332 e. The Morgan fingerprint density at radius 3 is 2.42 bits per heavy atom. The Bertz CT molecular complexity index is 804. The molecule has 0 bridgehead atoms. The van der Waals surface area contributed by atoms with E-state index < -0.39 is 16.4 Å². The van der Waals surface area contributed by atoms with E-state index in [2.05, 4.69) is 5.32 Å². The van der Waals surface area contributed by atoms with Crippen LogP contribution in [0.4, 0.5) is 5.69 Å². The lowest BCUT2D eigenvalue weighted by molar-refractivity contribution is -0.416. The molecule has 0 spiro atoms. The van der Waals surface area contributed by atoms with Gasteiger partial charge in [0.05, 0.1) is 23.3 Å². The summed E-state index contributed by atoms with van der Waals surface area (Å²) in [6, 6.07) is 10.8. The van der Waals surface area contributed by atoms with Crippen LogP contribution in [0.2, 0.25) is 10.0 Å². The van der Waals surface area contributed by atoms with Crippen molar-refractivity contribution in [1.82, 2.24) is 0 Å². The van der Waals surface area contributed by atoms with Gasteiger partial charge in [-0.25, -0.2) is 0 Å². The number of carbonyl (C=O) groups excluding carboxylic acids is 1. The average molecular weight is 367 g/mol. The molecule has 124 valence electrons. The number of nitrogens with zero attached hydrogens (tertiary/aromatic N) is 1. The third kappa shape index (κ3) is 4.24. The van der Waals surface area contributed by atoms with Gasteiger partial charge in [0.25, 0.3) is 5.78 Å². The van der Waals surface area contributed by atoms with Crippen LogP contribution < -0.4 is 10.1 Å². The average Bonchev–Trinajstić information content (AvgIpc) is 2.55. The Morgan fingerprint density at radius 1 is 1.21 bits per heavy atom. The number of benzene rings is 2. The number of anilines is 1. The zero-order chi connectivity index (χ0) is 17.7. The molecule has 0 aliphatic carbocycles. The van der Waals surface area contributed by atoms with E-state index in [0.717, 1.165) is 6.20 Å². The summed E-state index contributed by atoms with van der Waals surface area (Å²) in [5.41, 5.74) is -0.0826. The largest absolute Gasteiger partial charge is 0.497 e. The molecule has 0 saturated carbocycles. The highest BCUT2D eigenvalue weighted by atomic mass is 35.5. The van der Waals surface area contributed by atoms with E-state index in [0.29, 0.717) is 16.5 Å². The summed E-state index contributed by atoms with van der Waals surface area (Å²) < 4.78 is 5.02. The summed E-state index contributed by atoms with van der Waals surface area (Å²) in [7, 11) is 1.53. The lowest BCUT2D eigenvalue weighted by atomic mass is 10.1. The van der Waals surface area contributed by atoms with Crippen LogP contribution in [0, 0.1) is 10.1 Å². The summed E-state index contributed by atoms with van der Waals surface area (Å²) in [6.45, 7) is 0. The van der Waals surface area contributed by atoms with Gasteiger partial charge in [0.2, 0.25) is 0 Å². The Morgan fingerprint density at radius 2 is 1.88 bits per heavy atom. The van der Waals surface area contributed by atoms with Gasteiger partial charge >= 0.3 is 5.70 Å². The molecule has 2 aromatic rings. The van der Waals surface area contributed by atoms with Gasteiger partial charge < -0.3 is 10.1 Å². The molecule has 24 heavy (non-hydrogen) atoms. The second-order valence-electron chi connectivity index (χ2n) is 4.61. The molecule has 6 nitrogen and oxygen atoms in total. The molecule has 0 heterocycles. The summed E-state index contributed by atoms with van der Waals surface area (Å²) in [6.07, 6.45) is 1.02. The molecule has 0 aromatic heterocycles. The number of methoxy groups -OCH3 is 1. The topological polar surface area (TPSA) is 81.5 Å². The monoisotopic (exact) mass is 366 g/mol. The van der Waals surface area contributed by atoms with Crippen molar-refractivity contribution in [2.45, 2.75) is 0 Å². The molecule has 1 N–H and O–H groups in total. The van der Waals surface area contributed by atoms with E-state index in [1.165, 1.54) is 25.3 Å². The highest BCUT2D eigenvalue weighted by Gasteiger charge is 2.25. The molecule has 0 saturated heterocycles. The summed E-state index contributed by atoms with van der Waals surface area (Å²) in [5.74, 6) is -0.175. The SMILES string of the molecule is COc1ccc(N/C=C(/C(=O)c2ccc(Cl)cc2Cl)[N+](=O)[O-])cc1. The predicted octanol–water partition coefficient (Wildman–Crippen LogP) is 4.41. The minimum absolute atomic E-state index is 0.000507. The van der Waals surface area contributed by atoms with Crippen LogP contribution in [-0.2, 0) is 0 Å². The van der Waals surface area contributed by atoms with Crippen LogP contribution in [-0.4, -0.2) is 17.8 Å². The number of carbonyl (C=O) groups is 1. The number of hydrogen-bond donors (Lipinski definition) is 1. The van der Waals surface area contributed by atoms with Gasteiger partial charge in [-0.3, -0.25) is 14.9 Å². The molecule has 0 aliphatic rings. The maximum atomic E-state index is 12.3. The van der Waals surface area contributed by atoms with Gasteiger partial charge in [0.1, 0.15) is 5.75 Å². The van der Waals surface area contributed by atoms with Crippen molar-refractivity contribution in [3.63, 3.8) is 0 Å². The molecule has 0 atom stereocenters. The minimum atomic E-state index is -0.817. The molecule has 8 heteroatoms. The summed E-state index contributed by atoms with van der Waals surface area (Å²) in [5, 5.41) is 14.3. The second-order valence-corrected chi connectivity index (χ2v) is 5.46. The van der Waals surface area contributed by atoms with Crippen molar-refractivity contribution in [1.29, 1.82) is 0 Å². The maximum Gasteiger partial charge on any atom is 0.332 e. The fourth-order valence-electron chi connectivity index (χ4n) is 1.85. The zero-order valence-electron chi connectivity index (χ0n) is 12.5. The molecule has 0 aliphatic heterocycles. The Labute approximate surface area is 147 Å². The minimum Gasteiger partial charge on any atom is -0.497 e. The number of hydrogen-bond acceptors (Lipinski definition) is 5. The molecule has 0 unspecified atom stereocenters. The van der Waals surface area contributed by atoms with Gasteiger partial charge in [0.15, 0.2) is 0 Å². The number of nitrogens with one attached hydrogen (secondary N) is 1. The van der Waals surface area contributed by atoms with Crippen molar-refractivity contribution in [2.75, 3.05) is 12.4 Å². The predicted molar refractivity (Wildman–Crippen MR) is 92.5 cm³/mol. The molecular weight excluding hydrogens is 355 g/mol. The number of halogens is 2. The number of ether oxygens (including phenoxy) is 1. The van der Waals surface area contributed by atoms with Crippen molar-refractivity contribution in [2.24, 2.45) is 0 Å². The van der Waals surface area contributed by atoms with Gasteiger partial charge in [0, 0.05) is 16.3 Å². The van der Waals surface area contributed by atoms with Gasteiger partial charge in [-0.15, -0.1) is 0 Å². The highest BCUT2D eigenvalue weighted by molar-refractivity contribution is 6.37. The van der Waals surface area contributed by atoms with Crippen LogP contribution in [0.25, 0.3) is 0 Å². The quantitative estimate of drug-likeness (QED) is 0.354.